The highest BCUT2D eigenvalue weighted by atomic mass is 16.4. The van der Waals surface area contributed by atoms with Crippen LogP contribution in [-0.2, 0) is 11.2 Å². The molecule has 1 unspecified atom stereocenters. The molecule has 0 spiro atoms. The maximum absolute atomic E-state index is 12.0. The molecule has 1 heterocycles. The lowest BCUT2D eigenvalue weighted by molar-refractivity contribution is -0.137. The average Bonchev–Trinajstić information content (AvgIpc) is 2.75. The predicted molar refractivity (Wildman–Crippen MR) is 66.4 cm³/mol. The zero-order chi connectivity index (χ0) is 13.7. The van der Waals surface area contributed by atoms with Crippen LogP contribution in [0.1, 0.15) is 43.3 Å². The van der Waals surface area contributed by atoms with Crippen LogP contribution in [0.15, 0.2) is 16.7 Å². The van der Waals surface area contributed by atoms with Gasteiger partial charge in [0.05, 0.1) is 18.2 Å². The molecule has 18 heavy (non-hydrogen) atoms. The van der Waals surface area contributed by atoms with Gasteiger partial charge in [-0.1, -0.05) is 20.8 Å². The van der Waals surface area contributed by atoms with Crippen molar-refractivity contribution in [2.75, 3.05) is 0 Å². The summed E-state index contributed by atoms with van der Waals surface area (Å²) < 4.78 is 5.18. The van der Waals surface area contributed by atoms with Crippen molar-refractivity contribution >= 4 is 11.9 Å². The summed E-state index contributed by atoms with van der Waals surface area (Å²) in [5, 5.41) is 11.6. The molecule has 0 saturated heterocycles. The van der Waals surface area contributed by atoms with E-state index in [1.165, 1.54) is 6.26 Å². The van der Waals surface area contributed by atoms with Gasteiger partial charge in [0.25, 0.3) is 5.91 Å². The Kier molecular flexibility index (Phi) is 4.95. The van der Waals surface area contributed by atoms with Gasteiger partial charge >= 0.3 is 5.97 Å². The number of hydrogen-bond acceptors (Lipinski definition) is 3. The molecule has 1 rings (SSSR count). The highest BCUT2D eigenvalue weighted by Gasteiger charge is 2.22. The van der Waals surface area contributed by atoms with E-state index in [9.17, 15) is 9.59 Å². The Morgan fingerprint density at radius 1 is 1.44 bits per heavy atom. The van der Waals surface area contributed by atoms with E-state index in [2.05, 4.69) is 5.32 Å². The molecule has 1 aromatic rings. The molecular formula is C13H19NO4. The summed E-state index contributed by atoms with van der Waals surface area (Å²) in [4.78, 5) is 22.8. The van der Waals surface area contributed by atoms with Crippen LogP contribution < -0.4 is 5.32 Å². The van der Waals surface area contributed by atoms with E-state index in [4.69, 9.17) is 9.52 Å². The number of aryl methyl sites for hydroxylation is 1. The second-order valence-electron chi connectivity index (χ2n) is 4.53. The second kappa shape index (κ2) is 6.23. The molecule has 0 bridgehead atoms. The molecule has 0 aromatic carbocycles. The summed E-state index contributed by atoms with van der Waals surface area (Å²) in [5.41, 5.74) is 0.480. The Hall–Kier alpha value is -1.78. The van der Waals surface area contributed by atoms with Gasteiger partial charge in [0, 0.05) is 12.5 Å². The van der Waals surface area contributed by atoms with Gasteiger partial charge in [-0.05, 0) is 12.0 Å². The number of aliphatic carboxylic acids is 1. The van der Waals surface area contributed by atoms with Gasteiger partial charge in [-0.25, -0.2) is 0 Å². The van der Waals surface area contributed by atoms with Crippen LogP contribution in [0, 0.1) is 5.92 Å². The van der Waals surface area contributed by atoms with Gasteiger partial charge in [-0.2, -0.15) is 0 Å². The van der Waals surface area contributed by atoms with Crippen molar-refractivity contribution in [3.05, 3.63) is 23.7 Å². The van der Waals surface area contributed by atoms with Crippen LogP contribution in [0.3, 0.4) is 0 Å². The summed E-state index contributed by atoms with van der Waals surface area (Å²) in [5.74, 6) is -0.523. The van der Waals surface area contributed by atoms with Crippen molar-refractivity contribution in [2.45, 2.75) is 39.7 Å². The van der Waals surface area contributed by atoms with Gasteiger partial charge in [-0.3, -0.25) is 9.59 Å². The number of nitrogens with one attached hydrogen (secondary N) is 1. The summed E-state index contributed by atoms with van der Waals surface area (Å²) >= 11 is 0. The molecule has 5 heteroatoms. The highest BCUT2D eigenvalue weighted by molar-refractivity contribution is 5.95. The number of rotatable bonds is 6. The fourth-order valence-corrected chi connectivity index (χ4v) is 1.70. The second-order valence-corrected chi connectivity index (χ2v) is 4.53. The van der Waals surface area contributed by atoms with E-state index in [0.717, 1.165) is 0 Å². The van der Waals surface area contributed by atoms with Crippen molar-refractivity contribution < 1.29 is 19.1 Å². The van der Waals surface area contributed by atoms with E-state index in [-0.39, 0.29) is 24.3 Å². The smallest absolute Gasteiger partial charge is 0.305 e. The van der Waals surface area contributed by atoms with Crippen molar-refractivity contribution in [3.63, 3.8) is 0 Å². The molecule has 1 aromatic heterocycles. The largest absolute Gasteiger partial charge is 0.481 e. The van der Waals surface area contributed by atoms with E-state index in [1.54, 1.807) is 6.07 Å². The number of carboxylic acids is 1. The van der Waals surface area contributed by atoms with E-state index < -0.39 is 5.97 Å². The number of carbonyl (C=O) groups is 2. The molecule has 1 amide bonds. The normalized spacial score (nSPS) is 12.4. The van der Waals surface area contributed by atoms with Crippen molar-refractivity contribution in [1.82, 2.24) is 5.32 Å². The third kappa shape index (κ3) is 3.61. The lowest BCUT2D eigenvalue weighted by atomic mass is 10.0. The summed E-state index contributed by atoms with van der Waals surface area (Å²) in [6, 6.07) is 1.22. The van der Waals surface area contributed by atoms with Crippen molar-refractivity contribution in [3.8, 4) is 0 Å². The van der Waals surface area contributed by atoms with Gasteiger partial charge in [0.15, 0.2) is 0 Å². The SMILES string of the molecule is CCc1occc1C(=O)NC(CC(=O)O)C(C)C. The first-order valence-corrected chi connectivity index (χ1v) is 6.04. The number of carboxylic acid groups (broad SMARTS) is 1. The zero-order valence-electron chi connectivity index (χ0n) is 10.9. The molecule has 1 atom stereocenters. The highest BCUT2D eigenvalue weighted by Crippen LogP contribution is 2.13. The molecule has 100 valence electrons. The topological polar surface area (TPSA) is 79.5 Å². The van der Waals surface area contributed by atoms with Gasteiger partial charge in [0.1, 0.15) is 5.76 Å². The fourth-order valence-electron chi connectivity index (χ4n) is 1.70. The molecule has 0 aliphatic heterocycles. The average molecular weight is 253 g/mol. The minimum atomic E-state index is -0.920. The van der Waals surface area contributed by atoms with Crippen LogP contribution in [0.25, 0.3) is 0 Å². The van der Waals surface area contributed by atoms with Crippen molar-refractivity contribution in [1.29, 1.82) is 0 Å². The Morgan fingerprint density at radius 2 is 2.11 bits per heavy atom. The fraction of sp³-hybridized carbons (Fsp3) is 0.538. The first-order valence-electron chi connectivity index (χ1n) is 6.04. The van der Waals surface area contributed by atoms with Crippen LogP contribution in [0.5, 0.6) is 0 Å². The molecule has 0 fully saturated rings. The summed E-state index contributed by atoms with van der Waals surface area (Å²) in [7, 11) is 0. The van der Waals surface area contributed by atoms with E-state index in [0.29, 0.717) is 17.7 Å². The minimum absolute atomic E-state index is 0.0574. The quantitative estimate of drug-likeness (QED) is 0.813. The Labute approximate surface area is 106 Å². The first-order chi connectivity index (χ1) is 8.45. The summed E-state index contributed by atoms with van der Waals surface area (Å²) in [6.45, 7) is 5.65. The third-order valence-electron chi connectivity index (χ3n) is 2.83. The van der Waals surface area contributed by atoms with Crippen LogP contribution >= 0.6 is 0 Å². The number of carbonyl (C=O) groups excluding carboxylic acids is 1. The van der Waals surface area contributed by atoms with Crippen LogP contribution in [0.4, 0.5) is 0 Å². The number of hydrogen-bond donors (Lipinski definition) is 2. The molecule has 0 aliphatic rings. The molecule has 5 nitrogen and oxygen atoms in total. The Morgan fingerprint density at radius 3 is 2.61 bits per heavy atom. The minimum Gasteiger partial charge on any atom is -0.481 e. The van der Waals surface area contributed by atoms with Gasteiger partial charge in [-0.15, -0.1) is 0 Å². The standard InChI is InChI=1S/C13H19NO4/c1-4-11-9(5-6-18-11)13(17)14-10(8(2)3)7-12(15)16/h5-6,8,10H,4,7H2,1-3H3,(H,14,17)(H,15,16). The van der Waals surface area contributed by atoms with Crippen LogP contribution in [0.2, 0.25) is 0 Å². The van der Waals surface area contributed by atoms with E-state index >= 15 is 0 Å². The maximum atomic E-state index is 12.0. The lowest BCUT2D eigenvalue weighted by Crippen LogP contribution is -2.40. The van der Waals surface area contributed by atoms with Gasteiger partial charge in [0.2, 0.25) is 0 Å². The number of amides is 1. The Bertz CT molecular complexity index is 422. The number of furan rings is 1. The maximum Gasteiger partial charge on any atom is 0.305 e. The molecule has 0 aliphatic carbocycles. The molecule has 0 radical (unpaired) electrons. The molecule has 0 saturated carbocycles. The Balaban J connectivity index is 2.75. The first kappa shape index (κ1) is 14.3. The monoisotopic (exact) mass is 253 g/mol. The van der Waals surface area contributed by atoms with Gasteiger partial charge < -0.3 is 14.8 Å². The van der Waals surface area contributed by atoms with E-state index in [1.807, 2.05) is 20.8 Å². The zero-order valence-corrected chi connectivity index (χ0v) is 10.9. The lowest BCUT2D eigenvalue weighted by Gasteiger charge is -2.20. The third-order valence-corrected chi connectivity index (χ3v) is 2.83. The van der Waals surface area contributed by atoms with Crippen LogP contribution in [-0.4, -0.2) is 23.0 Å². The predicted octanol–water partition coefficient (Wildman–Crippen LogP) is 2.07. The van der Waals surface area contributed by atoms with Crippen molar-refractivity contribution in [2.24, 2.45) is 5.92 Å². The summed E-state index contributed by atoms with van der Waals surface area (Å²) in [6.07, 6.45) is 2.01. The molecular weight excluding hydrogens is 234 g/mol. The molecule has 2 N–H and O–H groups in total.